The van der Waals surface area contributed by atoms with E-state index in [2.05, 4.69) is 29.8 Å². The maximum atomic E-state index is 3.97. The van der Waals surface area contributed by atoms with Crippen LogP contribution < -0.4 is 0 Å². The van der Waals surface area contributed by atoms with E-state index < -0.39 is 0 Å². The summed E-state index contributed by atoms with van der Waals surface area (Å²) in [5.74, 6) is 0. The van der Waals surface area contributed by atoms with Crippen molar-refractivity contribution in [2.75, 3.05) is 0 Å². The van der Waals surface area contributed by atoms with Crippen molar-refractivity contribution in [2.45, 2.75) is 243 Å². The molecule has 0 aliphatic carbocycles. The van der Waals surface area contributed by atoms with E-state index in [0.29, 0.717) is 0 Å². The van der Waals surface area contributed by atoms with Gasteiger partial charge in [0.25, 0.3) is 0 Å². The molecule has 0 amide bonds. The fraction of sp³-hybridized carbons (Fsp3) is 1.00. The molecule has 0 radical (unpaired) electrons. The lowest BCUT2D eigenvalue weighted by atomic mass is 10.0. The Hall–Kier alpha value is 0.480. The van der Waals surface area contributed by atoms with E-state index in [1.165, 1.54) is 225 Å². The van der Waals surface area contributed by atoms with Crippen molar-refractivity contribution in [3.8, 4) is 0 Å². The molecule has 0 fully saturated rings. The van der Waals surface area contributed by atoms with Gasteiger partial charge in [-0.05, 0) is 12.8 Å². The van der Waals surface area contributed by atoms with Gasteiger partial charge >= 0.3 is 0 Å². The van der Waals surface area contributed by atoms with Crippen molar-refractivity contribution in [1.82, 2.24) is 0 Å². The molecule has 0 aliphatic rings. The summed E-state index contributed by atoms with van der Waals surface area (Å²) in [5.41, 5.74) is 0. The Morgan fingerprint density at radius 1 is 0.256 bits per heavy atom. The summed E-state index contributed by atoms with van der Waals surface area (Å²) >= 11 is 3.97. The first kappa shape index (κ1) is 39.5. The Kier molecular flexibility index (Phi) is 37.0. The molecule has 0 aromatic carbocycles. The van der Waals surface area contributed by atoms with Crippen molar-refractivity contribution < 1.29 is 0 Å². The van der Waals surface area contributed by atoms with Gasteiger partial charge in [0.05, 0.1) is 0 Å². The zero-order chi connectivity index (χ0) is 28.3. The van der Waals surface area contributed by atoms with Crippen LogP contribution >= 0.6 is 15.9 Å². The molecule has 0 bridgehead atoms. The van der Waals surface area contributed by atoms with E-state index in [0.717, 1.165) is 4.83 Å². The summed E-state index contributed by atoms with van der Waals surface area (Å²) in [6, 6.07) is 0. The molecule has 0 aromatic rings. The first-order valence-electron chi connectivity index (χ1n) is 18.9. The summed E-state index contributed by atoms with van der Waals surface area (Å²) in [6.45, 7) is 4.62. The van der Waals surface area contributed by atoms with Crippen LogP contribution in [0.4, 0.5) is 0 Å². The molecule has 0 nitrogen and oxygen atoms in total. The molecule has 39 heavy (non-hydrogen) atoms. The van der Waals surface area contributed by atoms with Crippen LogP contribution in [-0.2, 0) is 0 Å². The van der Waals surface area contributed by atoms with Crippen LogP contribution in [-0.4, -0.2) is 4.83 Å². The highest BCUT2D eigenvalue weighted by molar-refractivity contribution is 9.09. The number of hydrogen-bond acceptors (Lipinski definition) is 0. The fourth-order valence-corrected chi connectivity index (χ4v) is 6.80. The van der Waals surface area contributed by atoms with E-state index in [1.54, 1.807) is 0 Å². The Balaban J connectivity index is 3.13. The molecule has 1 heteroatoms. The van der Waals surface area contributed by atoms with Gasteiger partial charge in [0.15, 0.2) is 0 Å². The second kappa shape index (κ2) is 36.5. The number of hydrogen-bond donors (Lipinski definition) is 0. The molecule has 1 unspecified atom stereocenters. The van der Waals surface area contributed by atoms with E-state index in [4.69, 9.17) is 0 Å². The molecule has 0 N–H and O–H groups in total. The highest BCUT2D eigenvalue weighted by Crippen LogP contribution is 2.20. The molecule has 236 valence electrons. The summed E-state index contributed by atoms with van der Waals surface area (Å²) in [5, 5.41) is 0. The lowest BCUT2D eigenvalue weighted by Crippen LogP contribution is -1.98. The van der Waals surface area contributed by atoms with Gasteiger partial charge in [0.1, 0.15) is 0 Å². The number of alkyl halides is 1. The summed E-state index contributed by atoms with van der Waals surface area (Å²) in [6.07, 6.45) is 51.2. The minimum Gasteiger partial charge on any atom is -0.0891 e. The van der Waals surface area contributed by atoms with Crippen LogP contribution in [0.15, 0.2) is 0 Å². The zero-order valence-electron chi connectivity index (χ0n) is 27.7. The second-order valence-electron chi connectivity index (χ2n) is 13.1. The maximum Gasteiger partial charge on any atom is 0.0145 e. The van der Waals surface area contributed by atoms with Crippen molar-refractivity contribution in [1.29, 1.82) is 0 Å². The maximum absolute atomic E-state index is 3.97. The van der Waals surface area contributed by atoms with Gasteiger partial charge in [-0.25, -0.2) is 0 Å². The Bertz CT molecular complexity index is 406. The third-order valence-corrected chi connectivity index (χ3v) is 9.91. The highest BCUT2D eigenvalue weighted by atomic mass is 79.9. The lowest BCUT2D eigenvalue weighted by molar-refractivity contribution is 0.515. The average Bonchev–Trinajstić information content (AvgIpc) is 2.94. The average molecular weight is 614 g/mol. The molecule has 0 saturated carbocycles. The summed E-state index contributed by atoms with van der Waals surface area (Å²) in [4.78, 5) is 0.778. The van der Waals surface area contributed by atoms with Gasteiger partial charge < -0.3 is 0 Å². The Morgan fingerprint density at radius 3 is 0.590 bits per heavy atom. The first-order valence-corrected chi connectivity index (χ1v) is 19.9. The van der Waals surface area contributed by atoms with Gasteiger partial charge in [0.2, 0.25) is 0 Å². The molecule has 0 rings (SSSR count). The largest absolute Gasteiger partial charge is 0.0891 e. The predicted octanol–water partition coefficient (Wildman–Crippen LogP) is 15.4. The van der Waals surface area contributed by atoms with Crippen molar-refractivity contribution in [2.24, 2.45) is 0 Å². The minimum absolute atomic E-state index is 0.778. The second-order valence-corrected chi connectivity index (χ2v) is 14.4. The van der Waals surface area contributed by atoms with Crippen molar-refractivity contribution in [3.05, 3.63) is 0 Å². The third kappa shape index (κ3) is 36.5. The first-order chi connectivity index (χ1) is 19.3. The molecule has 1 atom stereocenters. The summed E-state index contributed by atoms with van der Waals surface area (Å²) in [7, 11) is 0. The van der Waals surface area contributed by atoms with Gasteiger partial charge in [-0.3, -0.25) is 0 Å². The molecule has 0 aromatic heterocycles. The fourth-order valence-electron chi connectivity index (χ4n) is 6.15. The standard InChI is InChI=1S/C38H77Br/c1-3-5-7-9-11-13-15-17-19-20-21-23-25-27-29-31-33-35-37-38(39)36-34-32-30-28-26-24-22-18-16-14-12-10-8-6-4-2/h38H,3-37H2,1-2H3. The van der Waals surface area contributed by atoms with E-state index in [-0.39, 0.29) is 0 Å². The topological polar surface area (TPSA) is 0 Å². The van der Waals surface area contributed by atoms with Crippen LogP contribution in [0.25, 0.3) is 0 Å². The van der Waals surface area contributed by atoms with Crippen LogP contribution in [0.5, 0.6) is 0 Å². The van der Waals surface area contributed by atoms with E-state index >= 15 is 0 Å². The molecule has 0 aliphatic heterocycles. The Morgan fingerprint density at radius 2 is 0.410 bits per heavy atom. The van der Waals surface area contributed by atoms with Crippen LogP contribution in [0, 0.1) is 0 Å². The monoisotopic (exact) mass is 613 g/mol. The number of rotatable bonds is 35. The molecular weight excluding hydrogens is 536 g/mol. The van der Waals surface area contributed by atoms with Crippen LogP contribution in [0.3, 0.4) is 0 Å². The number of halogens is 1. The summed E-state index contributed by atoms with van der Waals surface area (Å²) < 4.78 is 0. The predicted molar refractivity (Wildman–Crippen MR) is 186 cm³/mol. The van der Waals surface area contributed by atoms with Gasteiger partial charge in [-0.15, -0.1) is 0 Å². The van der Waals surface area contributed by atoms with E-state index in [1.807, 2.05) is 0 Å². The highest BCUT2D eigenvalue weighted by Gasteiger charge is 2.04. The number of unbranched alkanes of at least 4 members (excludes halogenated alkanes) is 31. The zero-order valence-corrected chi connectivity index (χ0v) is 29.3. The third-order valence-electron chi connectivity index (χ3n) is 8.99. The molecule has 0 heterocycles. The van der Waals surface area contributed by atoms with E-state index in [9.17, 15) is 0 Å². The SMILES string of the molecule is CCCCCCCCCCCCCCCCCCCCC(Br)CCCCCCCCCCCCCCCCC. The van der Waals surface area contributed by atoms with Gasteiger partial charge in [-0.2, -0.15) is 0 Å². The molecule has 0 spiro atoms. The molecular formula is C38H77Br. The van der Waals surface area contributed by atoms with Crippen molar-refractivity contribution >= 4 is 15.9 Å². The van der Waals surface area contributed by atoms with Gasteiger partial charge in [0, 0.05) is 4.83 Å². The normalized spacial score (nSPS) is 12.4. The van der Waals surface area contributed by atoms with Crippen molar-refractivity contribution in [3.63, 3.8) is 0 Å². The van der Waals surface area contributed by atoms with Crippen LogP contribution in [0.2, 0.25) is 0 Å². The van der Waals surface area contributed by atoms with Gasteiger partial charge in [-0.1, -0.05) is 242 Å². The quantitative estimate of drug-likeness (QED) is 0.0493. The minimum atomic E-state index is 0.778. The smallest absolute Gasteiger partial charge is 0.0145 e. The lowest BCUT2D eigenvalue weighted by Gasteiger charge is -2.09. The Labute approximate surface area is 258 Å². The van der Waals surface area contributed by atoms with Crippen LogP contribution in [0.1, 0.15) is 239 Å². The molecule has 0 saturated heterocycles.